The van der Waals surface area contributed by atoms with Crippen LogP contribution in [0, 0.1) is 23.2 Å². The molecule has 5 aromatic rings. The van der Waals surface area contributed by atoms with Gasteiger partial charge in [0.1, 0.15) is 66.2 Å². The number of phenols is 1. The topological polar surface area (TPSA) is 635 Å². The number of rotatable bonds is 19. The standard InChI is InChI=1S/C92H129N21O20S/c1-51(2)35-65-90(132)113-47-59(116)42-74(113)86(128)103-64(37-56-44-99-62-24-17-15-22-60(56)62)82(124)107-69(48-114)84(126)105-67(38-57-45-100-63-25-18-16-23-61(57)63)89(131)111(6)73-27-14-12-10-8-7-9-11-13-26-71(110(5)91(73)133)76(118)39-54(21-19-33-98-92(96)97)80(122)108-70(81(123)101-46-78(95)120)49-134-50-79(121)102-66(36-53-29-31-58(115)32-30-53)88(130)109(4)52(3)75(117)40-55(41-77(94)119)87(129)112-34-20-28-72(112)85(127)106-68(43-93)83(125)104-65/h7-8,15-18,22-25,29-32,44-45,51-52,54-55,59,64-74,99-100,114-116H,9-14,19-21,26-28,33-43,46-50,93H2,1-6H3,(H2,94,119)(H2,95,120)(H,101,123)(H,102,121)(H,103,128)(H,104,125)(H,105,126)(H,106,127)(H,107,124)(H,108,122)(H4,96,97,98)/b8-7-/t52-,54-,55-,59+,64+,65-,66-,67-,68-,69-,70+,71-,72-,73-,74-/m0/s1. The minimum absolute atomic E-state index is 0.0110. The molecule has 41 nitrogen and oxygen atoms in total. The van der Waals surface area contributed by atoms with Crippen LogP contribution in [-0.4, -0.2) is 307 Å². The van der Waals surface area contributed by atoms with Gasteiger partial charge in [0.05, 0.1) is 43.0 Å². The van der Waals surface area contributed by atoms with Crippen molar-refractivity contribution in [1.82, 2.24) is 82.3 Å². The van der Waals surface area contributed by atoms with E-state index in [1.807, 2.05) is 12.2 Å². The van der Waals surface area contributed by atoms with Crippen LogP contribution in [0.25, 0.3) is 21.8 Å². The first-order valence-electron chi connectivity index (χ1n) is 45.5. The number of primary amides is 2. The highest BCUT2D eigenvalue weighted by molar-refractivity contribution is 8.00. The maximum Gasteiger partial charge on any atom is 0.245 e. The molecule has 23 N–H and O–H groups in total. The molecule has 0 unspecified atom stereocenters. The second kappa shape index (κ2) is 50.3. The third-order valence-electron chi connectivity index (χ3n) is 24.9. The number of allylic oxidation sites excluding steroid dienone is 2. The number of Topliss-reactive ketones (excluding diaryl/α,β-unsaturated/α-hetero) is 2. The number of carbonyl (C=O) groups excluding carboxylic acids is 17. The number of phenolic OH excluding ortho intramolecular Hbond substituents is 1. The summed E-state index contributed by atoms with van der Waals surface area (Å²) in [5.41, 5.74) is 25.8. The Balaban J connectivity index is 1.10. The molecule has 4 aliphatic heterocycles. The van der Waals surface area contributed by atoms with Crippen LogP contribution in [0.15, 0.2) is 97.3 Å². The molecular weight excluding hydrogens is 1750 g/mol. The minimum Gasteiger partial charge on any atom is -0.508 e. The number of hydrogen-bond donors (Lipinski definition) is 19. The van der Waals surface area contributed by atoms with Gasteiger partial charge >= 0.3 is 0 Å². The smallest absolute Gasteiger partial charge is 0.245 e. The quantitative estimate of drug-likeness (QED) is 0.0195. The first-order chi connectivity index (χ1) is 63.9. The zero-order valence-corrected chi connectivity index (χ0v) is 77.3. The number of fused-ring (bicyclic) bond motifs is 7. The van der Waals surface area contributed by atoms with Crippen LogP contribution in [-0.2, 0) is 101 Å². The summed E-state index contributed by atoms with van der Waals surface area (Å²) >= 11 is 0.792. The number of hydrogen-bond acceptors (Lipinski definition) is 23. The van der Waals surface area contributed by atoms with Gasteiger partial charge in [0.2, 0.25) is 88.6 Å². The molecule has 3 saturated heterocycles. The number of nitrogens with one attached hydrogen (secondary N) is 12. The summed E-state index contributed by atoms with van der Waals surface area (Å²) in [5.74, 6) is -19.8. The summed E-state index contributed by atoms with van der Waals surface area (Å²) in [4.78, 5) is 262. The first kappa shape index (κ1) is 105. The molecule has 2 aromatic heterocycles. The van der Waals surface area contributed by atoms with E-state index < -0.39 is 254 Å². The van der Waals surface area contributed by atoms with Gasteiger partial charge in [-0.3, -0.25) is 86.9 Å². The van der Waals surface area contributed by atoms with Crippen molar-refractivity contribution in [1.29, 1.82) is 5.41 Å². The highest BCUT2D eigenvalue weighted by Gasteiger charge is 2.47. The van der Waals surface area contributed by atoms with Gasteiger partial charge < -0.3 is 121 Å². The van der Waals surface area contributed by atoms with Gasteiger partial charge in [-0.1, -0.05) is 87.4 Å². The predicted molar refractivity (Wildman–Crippen MR) is 496 cm³/mol. The van der Waals surface area contributed by atoms with Crippen molar-refractivity contribution in [2.24, 2.45) is 40.7 Å². The van der Waals surface area contributed by atoms with Gasteiger partial charge in [-0.25, -0.2) is 0 Å². The number of H-pyrrole nitrogens is 2. The number of aromatic nitrogens is 2. The van der Waals surface area contributed by atoms with Crippen molar-refractivity contribution in [2.75, 3.05) is 72.0 Å². The molecule has 0 aliphatic carbocycles. The SMILES string of the molecule is CC(C)C[C@@H]1NC(=O)[C@H](CN)NC(=O)[C@@H]2CCCN2C(=O)[C@H](CC(N)=O)CC(=O)[C@H](C)N(C)C(=O)[C@H](Cc2ccc(O)cc2)NC(=O)CSC[C@H](C(=O)NCC(N)=O)NC(=O)[C@@H](CCCNC(=N)N)CC(=O)[C@@H]2CCCC/C=C\CCCC[C@@H](C(=O)N2C)N(C)C(=O)[C@H](Cc2c[nH]c3ccccc23)NC(=O)[C@H](CO)NC(=O)[C@@H](Cc2c[nH]c3ccccc23)NC(=O)[C@@H]2C[C@@H](O)CN2C1=O. The molecule has 9 rings (SSSR count). The number of benzene rings is 3. The number of guanidine groups is 1. The van der Waals surface area contributed by atoms with E-state index in [1.165, 1.54) is 62.1 Å². The van der Waals surface area contributed by atoms with Gasteiger partial charge in [-0.15, -0.1) is 11.8 Å². The molecule has 0 spiro atoms. The second-order valence-corrected chi connectivity index (χ2v) is 36.3. The van der Waals surface area contributed by atoms with Crippen LogP contribution in [0.2, 0.25) is 0 Å². The largest absolute Gasteiger partial charge is 0.508 e. The Bertz CT molecular complexity index is 5080. The van der Waals surface area contributed by atoms with Crippen molar-refractivity contribution in [2.45, 2.75) is 228 Å². The van der Waals surface area contributed by atoms with E-state index in [9.17, 15) is 58.5 Å². The Morgan fingerprint density at radius 2 is 1.10 bits per heavy atom. The number of aliphatic hydroxyl groups excluding tert-OH is 2. The fourth-order valence-corrected chi connectivity index (χ4v) is 18.3. The molecule has 2 bridgehead atoms. The van der Waals surface area contributed by atoms with E-state index in [0.717, 1.165) is 26.5 Å². The molecule has 15 atom stereocenters. The number of nitrogens with two attached hydrogens (primary N) is 4. The van der Waals surface area contributed by atoms with E-state index in [1.54, 1.807) is 74.8 Å². The van der Waals surface area contributed by atoms with E-state index in [0.29, 0.717) is 77.0 Å². The van der Waals surface area contributed by atoms with Crippen LogP contribution in [0.5, 0.6) is 5.75 Å². The lowest BCUT2D eigenvalue weighted by atomic mass is 9.90. The Morgan fingerprint density at radius 1 is 0.552 bits per heavy atom. The van der Waals surface area contributed by atoms with E-state index >= 15 is 38.4 Å². The van der Waals surface area contributed by atoms with E-state index in [2.05, 4.69) is 57.8 Å². The molecule has 15 amide bonds. The number of nitrogens with zero attached hydrogens (tertiary/aromatic N) is 5. The van der Waals surface area contributed by atoms with Crippen LogP contribution in [0.3, 0.4) is 0 Å². The monoisotopic (exact) mass is 1880 g/mol. The van der Waals surface area contributed by atoms with Gasteiger partial charge in [-0.2, -0.15) is 0 Å². The maximum absolute atomic E-state index is 15.9. The molecule has 728 valence electrons. The van der Waals surface area contributed by atoms with Gasteiger partial charge in [0.25, 0.3) is 0 Å². The second-order valence-electron chi connectivity index (χ2n) is 35.3. The summed E-state index contributed by atoms with van der Waals surface area (Å²) in [6.45, 7) is 1.93. The predicted octanol–water partition coefficient (Wildman–Crippen LogP) is -1.44. The van der Waals surface area contributed by atoms with Crippen LogP contribution < -0.4 is 70.8 Å². The lowest BCUT2D eigenvalue weighted by Gasteiger charge is -2.36. The zero-order chi connectivity index (χ0) is 97.7. The summed E-state index contributed by atoms with van der Waals surface area (Å²) in [6.07, 6.45) is 5.96. The normalized spacial score (nSPS) is 26.1. The average Bonchev–Trinajstić information content (AvgIpc) is 1.54. The minimum atomic E-state index is -1.88. The number of carbonyl (C=O) groups is 17. The molecular formula is C92H129N21O20S. The molecule has 3 aromatic carbocycles. The highest BCUT2D eigenvalue weighted by atomic mass is 32.2. The number of aromatic hydroxyl groups is 1. The molecule has 0 saturated carbocycles. The Kier molecular flexibility index (Phi) is 39.4. The van der Waals surface area contributed by atoms with Crippen molar-refractivity contribution < 1.29 is 96.8 Å². The first-order valence-corrected chi connectivity index (χ1v) is 46.6. The third kappa shape index (κ3) is 29.3. The lowest BCUT2D eigenvalue weighted by molar-refractivity contribution is -0.149. The highest BCUT2D eigenvalue weighted by Crippen LogP contribution is 2.30. The molecule has 42 heteroatoms. The van der Waals surface area contributed by atoms with Crippen molar-refractivity contribution in [3.05, 3.63) is 114 Å². The summed E-state index contributed by atoms with van der Waals surface area (Å²) in [7, 11) is 4.03. The number of amides is 15. The molecule has 4 aliphatic rings. The fraction of sp³-hybridized carbons (Fsp3) is 0.543. The third-order valence-corrected chi connectivity index (χ3v) is 25.9. The van der Waals surface area contributed by atoms with Gasteiger partial charge in [-0.05, 0) is 124 Å². The maximum atomic E-state index is 15.9. The number of para-hydroxylation sites is 2. The van der Waals surface area contributed by atoms with E-state index in [-0.39, 0.29) is 95.4 Å². The summed E-state index contributed by atoms with van der Waals surface area (Å²) in [5, 5.41) is 65.8. The van der Waals surface area contributed by atoms with Gasteiger partial charge in [0.15, 0.2) is 17.5 Å². The Labute approximate surface area is 780 Å². The zero-order valence-electron chi connectivity index (χ0n) is 76.5. The molecule has 3 fully saturated rings. The number of likely N-dealkylation sites (N-methyl/N-ethyl adjacent to an activating group) is 3. The summed E-state index contributed by atoms with van der Waals surface area (Å²) < 4.78 is 0. The van der Waals surface area contributed by atoms with Crippen LogP contribution in [0.1, 0.15) is 147 Å². The molecule has 0 radical (unpaired) electrons. The summed E-state index contributed by atoms with van der Waals surface area (Å²) in [6, 6.07) is 1.61. The number of aliphatic hydroxyl groups is 2. The van der Waals surface area contributed by atoms with Crippen LogP contribution >= 0.6 is 11.8 Å². The fourth-order valence-electron chi connectivity index (χ4n) is 17.4. The van der Waals surface area contributed by atoms with E-state index in [4.69, 9.17) is 28.3 Å². The van der Waals surface area contributed by atoms with Crippen molar-refractivity contribution >= 4 is 140 Å². The molecule has 134 heavy (non-hydrogen) atoms. The lowest BCUT2D eigenvalue weighted by Crippen LogP contribution is -2.61. The number of aromatic amines is 2. The Hall–Kier alpha value is -12.8. The number of ketones is 2. The van der Waals surface area contributed by atoms with Crippen molar-refractivity contribution in [3.8, 4) is 5.75 Å². The van der Waals surface area contributed by atoms with Crippen molar-refractivity contribution in [3.63, 3.8) is 0 Å². The number of thioether (sulfide) groups is 1. The molecule has 6 heterocycles. The van der Waals surface area contributed by atoms with Crippen LogP contribution in [0.4, 0.5) is 0 Å². The average molecular weight is 1880 g/mol. The van der Waals surface area contributed by atoms with Gasteiger partial charge in [0, 0.05) is 138 Å². The Morgan fingerprint density at radius 3 is 1.71 bits per heavy atom.